The number of carbonyl (C=O) groups is 1. The highest BCUT2D eigenvalue weighted by Crippen LogP contribution is 2.06. The third-order valence-electron chi connectivity index (χ3n) is 2.33. The normalized spacial score (nSPS) is 10.4. The highest BCUT2D eigenvalue weighted by molar-refractivity contribution is 7.97. The summed E-state index contributed by atoms with van der Waals surface area (Å²) in [7, 11) is 0.288. The Labute approximate surface area is 123 Å². The first kappa shape index (κ1) is 20.6. The molecular formula is C17H31OS+. The maximum absolute atomic E-state index is 11.9. The molecule has 0 bridgehead atoms. The van der Waals surface area contributed by atoms with Crippen molar-refractivity contribution < 1.29 is 4.79 Å². The minimum atomic E-state index is 0.288. The molecule has 0 N–H and O–H groups in total. The Morgan fingerprint density at radius 2 is 1.53 bits per heavy atom. The van der Waals surface area contributed by atoms with Crippen LogP contribution in [0.25, 0.3) is 0 Å². The summed E-state index contributed by atoms with van der Waals surface area (Å²) in [4.78, 5) is 11.9. The van der Waals surface area contributed by atoms with Crippen LogP contribution in [-0.4, -0.2) is 23.0 Å². The molecule has 1 atom stereocenters. The van der Waals surface area contributed by atoms with Crippen molar-refractivity contribution in [2.24, 2.45) is 0 Å². The summed E-state index contributed by atoms with van der Waals surface area (Å²) < 4.78 is 0. The van der Waals surface area contributed by atoms with E-state index in [2.05, 4.69) is 13.8 Å². The van der Waals surface area contributed by atoms with Gasteiger partial charge in [-0.2, -0.15) is 0 Å². The van der Waals surface area contributed by atoms with Gasteiger partial charge in [0, 0.05) is 5.56 Å². The fraction of sp³-hybridized carbons (Fsp3) is 0.588. The van der Waals surface area contributed by atoms with Crippen LogP contribution in [0.5, 0.6) is 0 Å². The second-order valence-electron chi connectivity index (χ2n) is 3.54. The van der Waals surface area contributed by atoms with Gasteiger partial charge < -0.3 is 0 Å². The van der Waals surface area contributed by atoms with Gasteiger partial charge in [0.05, 0.1) is 0 Å². The molecule has 0 aliphatic rings. The van der Waals surface area contributed by atoms with Gasteiger partial charge in [-0.05, 0) is 24.2 Å². The summed E-state index contributed by atoms with van der Waals surface area (Å²) in [5, 5.41) is 0. The third-order valence-corrected chi connectivity index (χ3v) is 4.80. The number of rotatable bonds is 6. The van der Waals surface area contributed by atoms with Crippen LogP contribution in [0.15, 0.2) is 30.3 Å². The van der Waals surface area contributed by atoms with Crippen molar-refractivity contribution in [1.82, 2.24) is 0 Å². The molecule has 0 aliphatic carbocycles. The van der Waals surface area contributed by atoms with E-state index in [0.717, 1.165) is 17.1 Å². The monoisotopic (exact) mass is 283 g/mol. The van der Waals surface area contributed by atoms with Gasteiger partial charge in [0.15, 0.2) is 5.75 Å². The van der Waals surface area contributed by atoms with Gasteiger partial charge in [-0.1, -0.05) is 65.0 Å². The Kier molecular flexibility index (Phi) is 16.6. The summed E-state index contributed by atoms with van der Waals surface area (Å²) >= 11 is 0. The largest absolute Gasteiger partial charge is 0.289 e. The quantitative estimate of drug-likeness (QED) is 0.532. The molecule has 2 heteroatoms. The fourth-order valence-corrected chi connectivity index (χ4v) is 3.25. The number of Topliss-reactive ketones (excluding diaryl/α,β-unsaturated/α-hetero) is 1. The van der Waals surface area contributed by atoms with Gasteiger partial charge in [0.1, 0.15) is 11.5 Å². The summed E-state index contributed by atoms with van der Waals surface area (Å²) in [6.45, 7) is 12.4. The first-order valence-electron chi connectivity index (χ1n) is 7.50. The zero-order valence-electron chi connectivity index (χ0n) is 13.5. The predicted molar refractivity (Wildman–Crippen MR) is 91.4 cm³/mol. The summed E-state index contributed by atoms with van der Waals surface area (Å²) in [6, 6.07) is 9.62. The van der Waals surface area contributed by atoms with Crippen LogP contribution >= 0.6 is 0 Å². The van der Waals surface area contributed by atoms with E-state index in [-0.39, 0.29) is 10.9 Å². The number of hydrogen-bond donors (Lipinski definition) is 0. The lowest BCUT2D eigenvalue weighted by atomic mass is 10.2. The van der Waals surface area contributed by atoms with E-state index < -0.39 is 0 Å². The minimum absolute atomic E-state index is 0.288. The lowest BCUT2D eigenvalue weighted by molar-refractivity contribution is 0.102. The van der Waals surface area contributed by atoms with Crippen LogP contribution in [0.1, 0.15) is 58.3 Å². The Morgan fingerprint density at radius 1 is 1.00 bits per heavy atom. The topological polar surface area (TPSA) is 17.1 Å². The molecule has 0 saturated heterocycles. The molecular weight excluding hydrogens is 252 g/mol. The minimum Gasteiger partial charge on any atom is -0.289 e. The van der Waals surface area contributed by atoms with Crippen molar-refractivity contribution in [2.75, 3.05) is 17.3 Å². The van der Waals surface area contributed by atoms with E-state index in [1.54, 1.807) is 0 Å². The molecule has 0 radical (unpaired) electrons. The molecule has 0 aromatic heterocycles. The van der Waals surface area contributed by atoms with Crippen molar-refractivity contribution in [1.29, 1.82) is 0 Å². The van der Waals surface area contributed by atoms with E-state index in [9.17, 15) is 4.79 Å². The zero-order chi connectivity index (χ0) is 15.1. The first-order chi connectivity index (χ1) is 9.27. The Hall–Kier alpha value is -0.760. The van der Waals surface area contributed by atoms with E-state index >= 15 is 0 Å². The molecule has 0 heterocycles. The fourth-order valence-electron chi connectivity index (χ4n) is 1.50. The van der Waals surface area contributed by atoms with E-state index in [4.69, 9.17) is 0 Å². The summed E-state index contributed by atoms with van der Waals surface area (Å²) in [6.07, 6.45) is 1.18. The second-order valence-corrected chi connectivity index (χ2v) is 6.04. The maximum atomic E-state index is 11.9. The first-order valence-corrected chi connectivity index (χ1v) is 9.23. The molecule has 0 saturated carbocycles. The smallest absolute Gasteiger partial charge is 0.211 e. The number of ketones is 1. The lowest BCUT2D eigenvalue weighted by Crippen LogP contribution is -2.21. The van der Waals surface area contributed by atoms with E-state index in [0.29, 0.717) is 5.78 Å². The highest BCUT2D eigenvalue weighted by Gasteiger charge is 2.19. The van der Waals surface area contributed by atoms with Crippen molar-refractivity contribution in [3.8, 4) is 0 Å². The zero-order valence-corrected chi connectivity index (χ0v) is 14.3. The lowest BCUT2D eigenvalue weighted by Gasteiger charge is -2.04. The molecule has 1 unspecified atom stereocenters. The molecule has 0 spiro atoms. The van der Waals surface area contributed by atoms with Crippen LogP contribution in [0.3, 0.4) is 0 Å². The van der Waals surface area contributed by atoms with E-state index in [1.807, 2.05) is 58.0 Å². The maximum Gasteiger partial charge on any atom is 0.211 e. The standard InChI is InChI=1S/C13H19OS.2C2H6/c1-3-10-15(4-2)11-13(14)12-8-6-5-7-9-12;2*1-2/h5-9H,3-4,10-11H2,1-2H3;2*1-2H3/q+1;;. The van der Waals surface area contributed by atoms with Gasteiger partial charge in [-0.3, -0.25) is 4.79 Å². The van der Waals surface area contributed by atoms with Gasteiger partial charge in [-0.25, -0.2) is 0 Å². The number of carbonyl (C=O) groups excluding carboxylic acids is 1. The van der Waals surface area contributed by atoms with Crippen LogP contribution in [0.2, 0.25) is 0 Å². The average Bonchev–Trinajstić information content (AvgIpc) is 2.51. The SMILES string of the molecule is CC.CC.CCC[S+](CC)CC(=O)c1ccccc1. The Balaban J connectivity index is 0. The number of hydrogen-bond acceptors (Lipinski definition) is 1. The summed E-state index contributed by atoms with van der Waals surface area (Å²) in [5.41, 5.74) is 0.861. The Morgan fingerprint density at radius 3 is 1.95 bits per heavy atom. The number of benzene rings is 1. The molecule has 0 amide bonds. The van der Waals surface area contributed by atoms with E-state index in [1.165, 1.54) is 12.2 Å². The van der Waals surface area contributed by atoms with Gasteiger partial charge >= 0.3 is 0 Å². The average molecular weight is 284 g/mol. The van der Waals surface area contributed by atoms with Crippen molar-refractivity contribution in [3.63, 3.8) is 0 Å². The Bertz CT molecular complexity index is 295. The van der Waals surface area contributed by atoms with Crippen molar-refractivity contribution >= 4 is 16.7 Å². The van der Waals surface area contributed by atoms with Crippen molar-refractivity contribution in [2.45, 2.75) is 48.0 Å². The van der Waals surface area contributed by atoms with Gasteiger partial charge in [-0.15, -0.1) is 0 Å². The van der Waals surface area contributed by atoms with Crippen LogP contribution in [0.4, 0.5) is 0 Å². The third kappa shape index (κ3) is 9.77. The van der Waals surface area contributed by atoms with Crippen LogP contribution < -0.4 is 0 Å². The predicted octanol–water partition coefficient (Wildman–Crippen LogP) is 4.97. The van der Waals surface area contributed by atoms with Crippen molar-refractivity contribution in [3.05, 3.63) is 35.9 Å². The second kappa shape index (κ2) is 15.3. The highest BCUT2D eigenvalue weighted by atomic mass is 32.2. The molecule has 19 heavy (non-hydrogen) atoms. The van der Waals surface area contributed by atoms with Crippen LogP contribution in [0, 0.1) is 0 Å². The molecule has 1 aromatic carbocycles. The molecule has 0 fully saturated rings. The molecule has 1 nitrogen and oxygen atoms in total. The molecule has 1 aromatic rings. The van der Waals surface area contributed by atoms with Gasteiger partial charge in [0.2, 0.25) is 5.78 Å². The van der Waals surface area contributed by atoms with Gasteiger partial charge in [0.25, 0.3) is 0 Å². The molecule has 110 valence electrons. The molecule has 0 aliphatic heterocycles. The summed E-state index contributed by atoms with van der Waals surface area (Å²) in [5.74, 6) is 3.35. The van der Waals surface area contributed by atoms with Crippen LogP contribution in [-0.2, 0) is 10.9 Å². The molecule has 1 rings (SSSR count).